The molecule has 5 nitrogen and oxygen atoms in total. The molecule has 6 heteroatoms. The standard InChI is InChI=1S/C24H31FN4O/c25-22-8-2-18(14-26-22)19-3-9-23(27-15-19)29-12-1-10-24(17-29)11-13-28(16-24)20-4-6-21(30)7-5-20/h2-3,8-9,14-15,20-21,30H,1,4-7,10-13,16-17H2/t20?,21?,24-/m1/s1. The van der Waals surface area contributed by atoms with E-state index in [2.05, 4.69) is 26.9 Å². The van der Waals surface area contributed by atoms with Crippen molar-refractivity contribution in [3.63, 3.8) is 0 Å². The minimum Gasteiger partial charge on any atom is -0.393 e. The van der Waals surface area contributed by atoms with Crippen LogP contribution in [-0.2, 0) is 0 Å². The van der Waals surface area contributed by atoms with Gasteiger partial charge < -0.3 is 10.0 Å². The molecule has 1 saturated carbocycles. The van der Waals surface area contributed by atoms with Crippen LogP contribution in [0.4, 0.5) is 10.2 Å². The molecule has 1 spiro atoms. The summed E-state index contributed by atoms with van der Waals surface area (Å²) in [6.07, 6.45) is 11.3. The van der Waals surface area contributed by atoms with Gasteiger partial charge in [0.15, 0.2) is 0 Å². The topological polar surface area (TPSA) is 52.5 Å². The van der Waals surface area contributed by atoms with Gasteiger partial charge in [-0.1, -0.05) is 0 Å². The van der Waals surface area contributed by atoms with Gasteiger partial charge in [0.2, 0.25) is 5.95 Å². The third-order valence-electron chi connectivity index (χ3n) is 7.44. The van der Waals surface area contributed by atoms with E-state index in [0.717, 1.165) is 55.7 Å². The van der Waals surface area contributed by atoms with Crippen molar-refractivity contribution in [3.8, 4) is 11.1 Å². The first-order chi connectivity index (χ1) is 14.6. The summed E-state index contributed by atoms with van der Waals surface area (Å²) in [4.78, 5) is 13.6. The highest BCUT2D eigenvalue weighted by molar-refractivity contribution is 5.62. The average Bonchev–Trinajstić information content (AvgIpc) is 3.18. The molecule has 2 aliphatic heterocycles. The Morgan fingerprint density at radius 1 is 0.900 bits per heavy atom. The van der Waals surface area contributed by atoms with Gasteiger partial charge in [-0.15, -0.1) is 0 Å². The number of likely N-dealkylation sites (tertiary alicyclic amines) is 1. The van der Waals surface area contributed by atoms with Crippen LogP contribution in [0.1, 0.15) is 44.9 Å². The molecule has 4 heterocycles. The number of nitrogens with zero attached hydrogens (tertiary/aromatic N) is 4. The molecule has 0 aromatic carbocycles. The second-order valence-corrected chi connectivity index (χ2v) is 9.48. The Labute approximate surface area is 177 Å². The first kappa shape index (κ1) is 19.9. The van der Waals surface area contributed by atoms with Gasteiger partial charge in [-0.3, -0.25) is 4.90 Å². The van der Waals surface area contributed by atoms with Crippen molar-refractivity contribution in [2.75, 3.05) is 31.1 Å². The smallest absolute Gasteiger partial charge is 0.212 e. The molecule has 160 valence electrons. The Hall–Kier alpha value is -2.05. The molecule has 0 radical (unpaired) electrons. The fourth-order valence-electron chi connectivity index (χ4n) is 5.73. The lowest BCUT2D eigenvalue weighted by molar-refractivity contribution is 0.0770. The zero-order valence-electron chi connectivity index (χ0n) is 17.5. The lowest BCUT2D eigenvalue weighted by atomic mass is 9.79. The molecule has 2 aromatic rings. The van der Waals surface area contributed by atoms with Gasteiger partial charge in [0.25, 0.3) is 0 Å². The highest BCUT2D eigenvalue weighted by atomic mass is 19.1. The second kappa shape index (κ2) is 8.23. The maximum absolute atomic E-state index is 13.1. The van der Waals surface area contributed by atoms with Gasteiger partial charge in [-0.2, -0.15) is 4.39 Å². The van der Waals surface area contributed by atoms with Crippen molar-refractivity contribution in [2.45, 2.75) is 57.1 Å². The Morgan fingerprint density at radius 3 is 2.37 bits per heavy atom. The average molecular weight is 411 g/mol. The number of aliphatic hydroxyl groups is 1. The molecule has 0 unspecified atom stereocenters. The first-order valence-electron chi connectivity index (χ1n) is 11.4. The van der Waals surface area contributed by atoms with Crippen LogP contribution in [0, 0.1) is 11.4 Å². The molecule has 2 aromatic heterocycles. The highest BCUT2D eigenvalue weighted by Crippen LogP contribution is 2.42. The minimum absolute atomic E-state index is 0.0808. The molecule has 1 atom stereocenters. The van der Waals surface area contributed by atoms with E-state index in [1.54, 1.807) is 12.3 Å². The molecule has 3 aliphatic rings. The largest absolute Gasteiger partial charge is 0.393 e. The van der Waals surface area contributed by atoms with Crippen LogP contribution < -0.4 is 4.90 Å². The van der Waals surface area contributed by atoms with Gasteiger partial charge in [-0.25, -0.2) is 9.97 Å². The van der Waals surface area contributed by atoms with E-state index in [-0.39, 0.29) is 6.10 Å². The predicted octanol–water partition coefficient (Wildman–Crippen LogP) is 3.88. The maximum Gasteiger partial charge on any atom is 0.212 e. The molecule has 3 fully saturated rings. The summed E-state index contributed by atoms with van der Waals surface area (Å²) in [6, 6.07) is 7.94. The van der Waals surface area contributed by atoms with Gasteiger partial charge >= 0.3 is 0 Å². The van der Waals surface area contributed by atoms with Crippen molar-refractivity contribution in [1.29, 1.82) is 0 Å². The zero-order chi connectivity index (χ0) is 20.6. The van der Waals surface area contributed by atoms with Gasteiger partial charge in [0.05, 0.1) is 6.10 Å². The van der Waals surface area contributed by atoms with Crippen molar-refractivity contribution >= 4 is 5.82 Å². The number of anilines is 1. The number of piperidine rings is 1. The normalized spacial score (nSPS) is 30.1. The van der Waals surface area contributed by atoms with E-state index in [0.29, 0.717) is 11.5 Å². The Morgan fingerprint density at radius 2 is 1.67 bits per heavy atom. The number of hydrogen-bond donors (Lipinski definition) is 1. The number of aromatic nitrogens is 2. The van der Waals surface area contributed by atoms with Gasteiger partial charge in [-0.05, 0) is 75.8 Å². The van der Waals surface area contributed by atoms with E-state index in [1.165, 1.54) is 38.4 Å². The van der Waals surface area contributed by atoms with Crippen LogP contribution in [0.2, 0.25) is 0 Å². The molecular weight excluding hydrogens is 379 g/mol. The number of rotatable bonds is 3. The van der Waals surface area contributed by atoms with E-state index in [9.17, 15) is 9.50 Å². The van der Waals surface area contributed by atoms with Crippen molar-refractivity contribution in [1.82, 2.24) is 14.9 Å². The lowest BCUT2D eigenvalue weighted by Gasteiger charge is -2.42. The Kier molecular flexibility index (Phi) is 5.46. The summed E-state index contributed by atoms with van der Waals surface area (Å²) in [6.45, 7) is 4.51. The first-order valence-corrected chi connectivity index (χ1v) is 11.4. The van der Waals surface area contributed by atoms with E-state index >= 15 is 0 Å². The summed E-state index contributed by atoms with van der Waals surface area (Å²) >= 11 is 0. The summed E-state index contributed by atoms with van der Waals surface area (Å²) in [5.74, 6) is 0.573. The SMILES string of the molecule is OC1CCC(N2CC[C@]3(CCCN(c4ccc(-c5ccc(F)nc5)cn4)C3)C2)CC1. The third kappa shape index (κ3) is 4.08. The Bertz CT molecular complexity index is 851. The number of halogens is 1. The predicted molar refractivity (Wildman–Crippen MR) is 116 cm³/mol. The third-order valence-corrected chi connectivity index (χ3v) is 7.44. The van der Waals surface area contributed by atoms with Crippen molar-refractivity contribution in [3.05, 3.63) is 42.6 Å². The van der Waals surface area contributed by atoms with E-state index < -0.39 is 5.95 Å². The fourth-order valence-corrected chi connectivity index (χ4v) is 5.73. The zero-order valence-corrected chi connectivity index (χ0v) is 17.5. The summed E-state index contributed by atoms with van der Waals surface area (Å²) in [5, 5.41) is 9.82. The molecule has 1 N–H and O–H groups in total. The van der Waals surface area contributed by atoms with Crippen LogP contribution in [0.25, 0.3) is 11.1 Å². The quantitative estimate of drug-likeness (QED) is 0.779. The summed E-state index contributed by atoms with van der Waals surface area (Å²) < 4.78 is 13.1. The maximum atomic E-state index is 13.1. The molecule has 5 rings (SSSR count). The molecule has 2 saturated heterocycles. The van der Waals surface area contributed by atoms with E-state index in [4.69, 9.17) is 4.98 Å². The van der Waals surface area contributed by atoms with Crippen LogP contribution in [0.3, 0.4) is 0 Å². The minimum atomic E-state index is -0.461. The van der Waals surface area contributed by atoms with Crippen LogP contribution in [0.5, 0.6) is 0 Å². The fraction of sp³-hybridized carbons (Fsp3) is 0.583. The van der Waals surface area contributed by atoms with Crippen molar-refractivity contribution in [2.24, 2.45) is 5.41 Å². The summed E-state index contributed by atoms with van der Waals surface area (Å²) in [5.41, 5.74) is 2.22. The van der Waals surface area contributed by atoms with Crippen LogP contribution in [0.15, 0.2) is 36.7 Å². The molecule has 0 bridgehead atoms. The van der Waals surface area contributed by atoms with Crippen LogP contribution >= 0.6 is 0 Å². The lowest BCUT2D eigenvalue weighted by Crippen LogP contribution is -2.46. The molecule has 0 amide bonds. The van der Waals surface area contributed by atoms with Crippen molar-refractivity contribution < 1.29 is 9.50 Å². The number of pyridine rings is 2. The summed E-state index contributed by atoms with van der Waals surface area (Å²) in [7, 11) is 0. The second-order valence-electron chi connectivity index (χ2n) is 9.48. The molecule has 30 heavy (non-hydrogen) atoms. The molecule has 1 aliphatic carbocycles. The number of aliphatic hydroxyl groups excluding tert-OH is 1. The van der Waals surface area contributed by atoms with Crippen LogP contribution in [-0.4, -0.2) is 58.3 Å². The number of hydrogen-bond acceptors (Lipinski definition) is 5. The Balaban J connectivity index is 1.25. The van der Waals surface area contributed by atoms with Gasteiger partial charge in [0, 0.05) is 54.6 Å². The van der Waals surface area contributed by atoms with Gasteiger partial charge in [0.1, 0.15) is 5.82 Å². The van der Waals surface area contributed by atoms with E-state index in [1.807, 2.05) is 6.20 Å². The molecular formula is C24H31FN4O. The monoisotopic (exact) mass is 410 g/mol. The highest BCUT2D eigenvalue weighted by Gasteiger charge is 2.43.